The van der Waals surface area contributed by atoms with Crippen LogP contribution in [0.4, 0.5) is 14.6 Å². The molecule has 6 rings (SSSR count). The molecule has 40 heavy (non-hydrogen) atoms. The van der Waals surface area contributed by atoms with Crippen LogP contribution in [0.1, 0.15) is 57.6 Å². The van der Waals surface area contributed by atoms with Gasteiger partial charge in [-0.2, -0.15) is 0 Å². The largest absolute Gasteiger partial charge is 0.373 e. The predicted molar refractivity (Wildman–Crippen MR) is 148 cm³/mol. The van der Waals surface area contributed by atoms with Crippen molar-refractivity contribution < 1.29 is 27.5 Å². The number of aromatic nitrogens is 5. The smallest absolute Gasteiger partial charge is 0.191 e. The van der Waals surface area contributed by atoms with Crippen LogP contribution in [0, 0.1) is 11.6 Å². The predicted octanol–water partition coefficient (Wildman–Crippen LogP) is 4.63. The van der Waals surface area contributed by atoms with Crippen LogP contribution < -0.4 is 5.32 Å². The first kappa shape index (κ1) is 28.1. The monoisotopic (exact) mass is 594 g/mol. The Kier molecular flexibility index (Phi) is 7.97. The van der Waals surface area contributed by atoms with Gasteiger partial charge in [-0.1, -0.05) is 30.0 Å². The van der Waals surface area contributed by atoms with Gasteiger partial charge in [0.25, 0.3) is 0 Å². The van der Waals surface area contributed by atoms with Crippen LogP contribution in [0.25, 0.3) is 11.2 Å². The number of ether oxygens (including phenoxy) is 3. The summed E-state index contributed by atoms with van der Waals surface area (Å²) in [6, 6.07) is 3.87. The minimum absolute atomic E-state index is 0.0112. The highest BCUT2D eigenvalue weighted by Crippen LogP contribution is 2.47. The van der Waals surface area contributed by atoms with E-state index in [2.05, 4.69) is 32.0 Å². The Bertz CT molecular complexity index is 1380. The third-order valence-corrected chi connectivity index (χ3v) is 8.74. The van der Waals surface area contributed by atoms with E-state index in [4.69, 9.17) is 28.7 Å². The van der Waals surface area contributed by atoms with Crippen molar-refractivity contribution in [3.63, 3.8) is 0 Å². The molecular formula is C26H33F2N6O4PS. The molecule has 1 saturated heterocycles. The Morgan fingerprint density at radius 1 is 1.15 bits per heavy atom. The lowest BCUT2D eigenvalue weighted by Gasteiger charge is -2.23. The maximum atomic E-state index is 13.8. The molecule has 14 heteroatoms. The van der Waals surface area contributed by atoms with Gasteiger partial charge in [-0.05, 0) is 44.4 Å². The van der Waals surface area contributed by atoms with Crippen molar-refractivity contribution in [2.75, 3.05) is 24.3 Å². The number of thioether (sulfide) groups is 1. The maximum absolute atomic E-state index is 13.8. The van der Waals surface area contributed by atoms with Crippen LogP contribution >= 0.6 is 21.2 Å². The van der Waals surface area contributed by atoms with E-state index < -0.39 is 17.4 Å². The summed E-state index contributed by atoms with van der Waals surface area (Å²) in [5.41, 5.74) is 1.90. The number of benzene rings is 1. The molecule has 2 saturated carbocycles. The Balaban J connectivity index is 1.30. The number of anilines is 1. The lowest BCUT2D eigenvalue weighted by molar-refractivity contribution is -0.170. The molecule has 1 N–H and O–H groups in total. The third-order valence-electron chi connectivity index (χ3n) is 7.45. The summed E-state index contributed by atoms with van der Waals surface area (Å²) in [4.78, 5) is 9.62. The van der Waals surface area contributed by atoms with Crippen LogP contribution in [0.15, 0.2) is 23.4 Å². The Labute approximate surface area is 237 Å². The second kappa shape index (κ2) is 11.3. The highest BCUT2D eigenvalue weighted by molar-refractivity contribution is 7.99. The minimum atomic E-state index is -0.847. The molecule has 3 fully saturated rings. The summed E-state index contributed by atoms with van der Waals surface area (Å²) in [5.74, 6) is -0.955. The van der Waals surface area contributed by atoms with Gasteiger partial charge in [0.05, 0.1) is 25.4 Å². The molecular weight excluding hydrogens is 561 g/mol. The van der Waals surface area contributed by atoms with Crippen molar-refractivity contribution in [3.05, 3.63) is 35.4 Å². The molecule has 1 aliphatic heterocycles. The van der Waals surface area contributed by atoms with Crippen LogP contribution in [-0.2, 0) is 18.7 Å². The van der Waals surface area contributed by atoms with Crippen molar-refractivity contribution in [2.24, 2.45) is 0 Å². The first-order chi connectivity index (χ1) is 19.3. The second-order valence-electron chi connectivity index (χ2n) is 10.8. The Morgan fingerprint density at radius 3 is 2.75 bits per heavy atom. The van der Waals surface area contributed by atoms with Crippen LogP contribution in [-0.4, -0.2) is 74.1 Å². The number of halogens is 2. The minimum Gasteiger partial charge on any atom is -0.373 e. The van der Waals surface area contributed by atoms with E-state index in [1.54, 1.807) is 17.8 Å². The van der Waals surface area contributed by atoms with Crippen molar-refractivity contribution in [1.29, 1.82) is 0 Å². The SMILES string of the molecule is CCCSc1nc(N[C@@H]2C[C@H]2c2ccc(F)c(F)c2)c2nnn([C@H]3C[C@H](OCCOP)[C@H]4OC(C)(C)O[C@H]43)c2n1. The fourth-order valence-corrected chi connectivity index (χ4v) is 6.38. The quantitative estimate of drug-likeness (QED) is 0.146. The molecule has 1 aromatic carbocycles. The number of hydrogen-bond donors (Lipinski definition) is 1. The molecule has 0 spiro atoms. The molecule has 3 aliphatic rings. The van der Waals surface area contributed by atoms with Gasteiger partial charge < -0.3 is 24.1 Å². The van der Waals surface area contributed by atoms with Gasteiger partial charge >= 0.3 is 0 Å². The number of fused-ring (bicyclic) bond motifs is 2. The highest BCUT2D eigenvalue weighted by Gasteiger charge is 2.56. The molecule has 1 unspecified atom stereocenters. The number of hydrogen-bond acceptors (Lipinski definition) is 10. The average molecular weight is 595 g/mol. The number of rotatable bonds is 11. The molecule has 216 valence electrons. The second-order valence-corrected chi connectivity index (χ2v) is 12.2. The van der Waals surface area contributed by atoms with Crippen molar-refractivity contribution in [3.8, 4) is 0 Å². The first-order valence-electron chi connectivity index (χ1n) is 13.5. The van der Waals surface area contributed by atoms with Gasteiger partial charge in [-0.15, -0.1) is 5.10 Å². The molecule has 2 aliphatic carbocycles. The van der Waals surface area contributed by atoms with Crippen LogP contribution in [0.2, 0.25) is 0 Å². The molecule has 7 atom stereocenters. The zero-order valence-corrected chi connectivity index (χ0v) is 24.5. The summed E-state index contributed by atoms with van der Waals surface area (Å²) in [6.45, 7) is 6.78. The van der Waals surface area contributed by atoms with Crippen molar-refractivity contribution in [2.45, 2.75) is 87.3 Å². The molecule has 0 bridgehead atoms. The van der Waals surface area contributed by atoms with Crippen molar-refractivity contribution >= 4 is 38.2 Å². The van der Waals surface area contributed by atoms with Crippen molar-refractivity contribution in [1.82, 2.24) is 25.0 Å². The lowest BCUT2D eigenvalue weighted by atomic mass is 10.1. The molecule has 0 amide bonds. The van der Waals surface area contributed by atoms with Gasteiger partial charge in [0.2, 0.25) is 0 Å². The van der Waals surface area contributed by atoms with E-state index in [9.17, 15) is 8.78 Å². The van der Waals surface area contributed by atoms with Gasteiger partial charge in [0, 0.05) is 33.6 Å². The normalized spacial score (nSPS) is 28.8. The van der Waals surface area contributed by atoms with Gasteiger partial charge in [-0.3, -0.25) is 0 Å². The Hall–Kier alpha value is -2.02. The highest BCUT2D eigenvalue weighted by atomic mass is 32.2. The summed E-state index contributed by atoms with van der Waals surface area (Å²) in [6.07, 6.45) is 1.60. The average Bonchev–Trinajstić information content (AvgIpc) is 3.26. The fraction of sp³-hybridized carbons (Fsp3) is 0.615. The molecule has 3 heterocycles. The number of nitrogens with zero attached hydrogens (tertiary/aromatic N) is 5. The summed E-state index contributed by atoms with van der Waals surface area (Å²) in [7, 11) is 2.23. The van der Waals surface area contributed by atoms with Crippen LogP contribution in [0.5, 0.6) is 0 Å². The van der Waals surface area contributed by atoms with E-state index in [0.717, 1.165) is 24.2 Å². The fourth-order valence-electron chi connectivity index (χ4n) is 5.59. The molecule has 3 aromatic rings. The lowest BCUT2D eigenvalue weighted by Crippen LogP contribution is -2.31. The topological polar surface area (TPSA) is 105 Å². The first-order valence-corrected chi connectivity index (χ1v) is 15.0. The maximum Gasteiger partial charge on any atom is 0.191 e. The van der Waals surface area contributed by atoms with E-state index >= 15 is 0 Å². The van der Waals surface area contributed by atoms with Gasteiger partial charge in [0.1, 0.15) is 12.2 Å². The van der Waals surface area contributed by atoms with Gasteiger partial charge in [0.15, 0.2) is 39.6 Å². The van der Waals surface area contributed by atoms with E-state index in [0.29, 0.717) is 41.8 Å². The zero-order valence-electron chi connectivity index (χ0n) is 22.5. The molecule has 10 nitrogen and oxygen atoms in total. The Morgan fingerprint density at radius 2 is 1.98 bits per heavy atom. The summed E-state index contributed by atoms with van der Waals surface area (Å²) in [5, 5.41) is 13.1. The van der Waals surface area contributed by atoms with E-state index in [1.165, 1.54) is 12.1 Å². The van der Waals surface area contributed by atoms with E-state index in [-0.39, 0.29) is 36.3 Å². The third kappa shape index (κ3) is 5.56. The van der Waals surface area contributed by atoms with Crippen LogP contribution in [0.3, 0.4) is 0 Å². The molecule has 2 aromatic heterocycles. The van der Waals surface area contributed by atoms with E-state index in [1.807, 2.05) is 18.5 Å². The van der Waals surface area contributed by atoms with Gasteiger partial charge in [-0.25, -0.2) is 23.4 Å². The standard InChI is InChI=1S/C26H33F2N6O4PS/c1-4-9-40-25-30-23(29-17-11-14(17)13-5-6-15(27)16(28)10-13)20-24(31-25)34(33-32-20)18-12-19(35-7-8-36-39)22-21(18)37-26(2,3)38-22/h5-6,10,14,17-19,21-22H,4,7-9,11-12,39H2,1-3H3,(H,29,30,31)/t14-,17+,18-,19-,21-,22+/m0/s1. The summed E-state index contributed by atoms with van der Waals surface area (Å²) >= 11 is 1.57. The zero-order chi connectivity index (χ0) is 28.0. The number of nitrogens with one attached hydrogen (secondary N) is 1. The summed E-state index contributed by atoms with van der Waals surface area (Å²) < 4.78 is 52.9. The molecule has 0 radical (unpaired) electrons.